The molecule has 0 bridgehead atoms. The van der Waals surface area contributed by atoms with Crippen molar-refractivity contribution >= 4 is 0 Å². The lowest BCUT2D eigenvalue weighted by Crippen LogP contribution is -1.97. The summed E-state index contributed by atoms with van der Waals surface area (Å²) in [5, 5.41) is 18.5. The third-order valence-corrected chi connectivity index (χ3v) is 2.45. The van der Waals surface area contributed by atoms with Crippen molar-refractivity contribution in [3.05, 3.63) is 18.2 Å². The molecular weight excluding hydrogens is 204 g/mol. The average molecular weight is 224 g/mol. The van der Waals surface area contributed by atoms with Gasteiger partial charge in [-0.25, -0.2) is 0 Å². The molecule has 0 atom stereocenters. The smallest absolute Gasteiger partial charge is 0.161 e. The lowest BCUT2D eigenvalue weighted by molar-refractivity contribution is 0.288. The van der Waals surface area contributed by atoms with Crippen LogP contribution in [-0.2, 0) is 0 Å². The van der Waals surface area contributed by atoms with Crippen LogP contribution in [0.4, 0.5) is 0 Å². The number of hydrogen-bond donors (Lipinski definition) is 2. The van der Waals surface area contributed by atoms with Gasteiger partial charge in [-0.3, -0.25) is 0 Å². The number of benzene rings is 1. The maximum absolute atomic E-state index is 9.45. The molecule has 0 aliphatic carbocycles. The molecule has 0 aliphatic heterocycles. The van der Waals surface area contributed by atoms with Crippen LogP contribution in [0.25, 0.3) is 0 Å². The van der Waals surface area contributed by atoms with Crippen molar-refractivity contribution in [3.8, 4) is 17.2 Å². The van der Waals surface area contributed by atoms with Crippen LogP contribution < -0.4 is 4.74 Å². The van der Waals surface area contributed by atoms with Crippen molar-refractivity contribution in [1.82, 2.24) is 0 Å². The zero-order valence-corrected chi connectivity index (χ0v) is 9.78. The highest BCUT2D eigenvalue weighted by Crippen LogP contribution is 2.29. The molecule has 1 rings (SSSR count). The molecule has 0 spiro atoms. The van der Waals surface area contributed by atoms with Crippen LogP contribution >= 0.6 is 0 Å². The Kier molecular flexibility index (Phi) is 5.54. The SMILES string of the molecule is CCCCCCCOc1ccc(O)cc1O. The second kappa shape index (κ2) is 6.99. The molecule has 3 nitrogen and oxygen atoms in total. The Morgan fingerprint density at radius 3 is 2.50 bits per heavy atom. The highest BCUT2D eigenvalue weighted by atomic mass is 16.5. The monoisotopic (exact) mass is 224 g/mol. The van der Waals surface area contributed by atoms with Crippen LogP contribution in [0, 0.1) is 0 Å². The molecule has 3 heteroatoms. The van der Waals surface area contributed by atoms with E-state index in [0.29, 0.717) is 12.4 Å². The molecule has 16 heavy (non-hydrogen) atoms. The Morgan fingerprint density at radius 2 is 1.81 bits per heavy atom. The molecule has 0 unspecified atom stereocenters. The Hall–Kier alpha value is -1.38. The predicted molar refractivity (Wildman–Crippen MR) is 64.0 cm³/mol. The van der Waals surface area contributed by atoms with Gasteiger partial charge in [0.15, 0.2) is 11.5 Å². The minimum atomic E-state index is -0.00596. The van der Waals surface area contributed by atoms with Crippen molar-refractivity contribution in [2.45, 2.75) is 39.0 Å². The van der Waals surface area contributed by atoms with E-state index in [0.717, 1.165) is 12.8 Å². The van der Waals surface area contributed by atoms with Gasteiger partial charge in [0.05, 0.1) is 6.61 Å². The second-order valence-corrected chi connectivity index (χ2v) is 3.91. The number of ether oxygens (including phenoxy) is 1. The first-order valence-corrected chi connectivity index (χ1v) is 5.89. The second-order valence-electron chi connectivity index (χ2n) is 3.91. The van der Waals surface area contributed by atoms with E-state index in [-0.39, 0.29) is 11.5 Å². The van der Waals surface area contributed by atoms with E-state index in [9.17, 15) is 5.11 Å². The van der Waals surface area contributed by atoms with Crippen LogP contribution in [0.5, 0.6) is 17.2 Å². The molecule has 0 heterocycles. The van der Waals surface area contributed by atoms with Gasteiger partial charge in [-0.2, -0.15) is 0 Å². The van der Waals surface area contributed by atoms with E-state index >= 15 is 0 Å². The zero-order valence-electron chi connectivity index (χ0n) is 9.78. The lowest BCUT2D eigenvalue weighted by Gasteiger charge is -2.07. The van der Waals surface area contributed by atoms with E-state index in [2.05, 4.69) is 6.92 Å². The van der Waals surface area contributed by atoms with E-state index in [1.54, 1.807) is 6.07 Å². The summed E-state index contributed by atoms with van der Waals surface area (Å²) in [6.07, 6.45) is 5.90. The number of phenols is 2. The van der Waals surface area contributed by atoms with Gasteiger partial charge in [-0.05, 0) is 18.6 Å². The number of aromatic hydroxyl groups is 2. The fourth-order valence-electron chi connectivity index (χ4n) is 1.52. The molecule has 0 saturated heterocycles. The lowest BCUT2D eigenvalue weighted by atomic mass is 10.2. The molecule has 0 radical (unpaired) electrons. The molecule has 0 aromatic heterocycles. The maximum atomic E-state index is 9.45. The summed E-state index contributed by atoms with van der Waals surface area (Å²) < 4.78 is 5.41. The Balaban J connectivity index is 2.21. The highest BCUT2D eigenvalue weighted by Gasteiger charge is 2.02. The summed E-state index contributed by atoms with van der Waals surface area (Å²) in [6.45, 7) is 2.80. The van der Waals surface area contributed by atoms with Gasteiger partial charge in [-0.15, -0.1) is 0 Å². The van der Waals surface area contributed by atoms with Crippen LogP contribution in [-0.4, -0.2) is 16.8 Å². The predicted octanol–water partition coefficient (Wildman–Crippen LogP) is 3.45. The van der Waals surface area contributed by atoms with Gasteiger partial charge in [0, 0.05) is 6.07 Å². The zero-order chi connectivity index (χ0) is 11.8. The average Bonchev–Trinajstić information content (AvgIpc) is 2.26. The molecule has 0 saturated carbocycles. The van der Waals surface area contributed by atoms with E-state index in [1.165, 1.54) is 31.4 Å². The molecular formula is C13H20O3. The van der Waals surface area contributed by atoms with Gasteiger partial charge in [0.1, 0.15) is 5.75 Å². The van der Waals surface area contributed by atoms with Crippen LogP contribution in [0.3, 0.4) is 0 Å². The first-order chi connectivity index (χ1) is 7.74. The molecule has 2 N–H and O–H groups in total. The molecule has 0 aliphatic rings. The van der Waals surface area contributed by atoms with Gasteiger partial charge >= 0.3 is 0 Å². The van der Waals surface area contributed by atoms with Gasteiger partial charge < -0.3 is 14.9 Å². The summed E-state index contributed by atoms with van der Waals surface area (Å²) in [6, 6.07) is 4.37. The van der Waals surface area contributed by atoms with Crippen molar-refractivity contribution < 1.29 is 14.9 Å². The molecule has 0 amide bonds. The largest absolute Gasteiger partial charge is 0.508 e. The van der Waals surface area contributed by atoms with E-state index in [1.807, 2.05) is 0 Å². The Morgan fingerprint density at radius 1 is 1.06 bits per heavy atom. The van der Waals surface area contributed by atoms with Crippen molar-refractivity contribution in [3.63, 3.8) is 0 Å². The van der Waals surface area contributed by atoms with Crippen molar-refractivity contribution in [1.29, 1.82) is 0 Å². The van der Waals surface area contributed by atoms with Crippen LogP contribution in [0.2, 0.25) is 0 Å². The Bertz CT molecular complexity index is 310. The molecule has 1 aromatic carbocycles. The first-order valence-electron chi connectivity index (χ1n) is 5.89. The van der Waals surface area contributed by atoms with Crippen LogP contribution in [0.1, 0.15) is 39.0 Å². The standard InChI is InChI=1S/C13H20O3/c1-2-3-4-5-6-9-16-13-8-7-11(14)10-12(13)15/h7-8,10,14-15H,2-6,9H2,1H3. The van der Waals surface area contributed by atoms with E-state index < -0.39 is 0 Å². The molecule has 1 aromatic rings. The summed E-state index contributed by atoms with van der Waals surface area (Å²) >= 11 is 0. The summed E-state index contributed by atoms with van der Waals surface area (Å²) in [4.78, 5) is 0. The number of hydrogen-bond acceptors (Lipinski definition) is 3. The summed E-state index contributed by atoms with van der Waals surface area (Å²) in [5.41, 5.74) is 0. The minimum absolute atomic E-state index is 0.00596. The minimum Gasteiger partial charge on any atom is -0.508 e. The third kappa shape index (κ3) is 4.43. The quantitative estimate of drug-likeness (QED) is 0.697. The number of rotatable bonds is 7. The van der Waals surface area contributed by atoms with Gasteiger partial charge in [0.25, 0.3) is 0 Å². The van der Waals surface area contributed by atoms with Gasteiger partial charge in [0.2, 0.25) is 0 Å². The highest BCUT2D eigenvalue weighted by molar-refractivity contribution is 5.43. The third-order valence-electron chi connectivity index (χ3n) is 2.45. The Labute approximate surface area is 96.7 Å². The van der Waals surface area contributed by atoms with Gasteiger partial charge in [-0.1, -0.05) is 32.6 Å². The summed E-state index contributed by atoms with van der Waals surface area (Å²) in [5.74, 6) is 0.481. The van der Waals surface area contributed by atoms with Crippen molar-refractivity contribution in [2.24, 2.45) is 0 Å². The summed E-state index contributed by atoms with van der Waals surface area (Å²) in [7, 11) is 0. The normalized spacial score (nSPS) is 10.3. The number of phenolic OH excluding ortho intramolecular Hbond substituents is 2. The van der Waals surface area contributed by atoms with E-state index in [4.69, 9.17) is 9.84 Å². The van der Waals surface area contributed by atoms with Crippen LogP contribution in [0.15, 0.2) is 18.2 Å². The first kappa shape index (κ1) is 12.7. The topological polar surface area (TPSA) is 49.7 Å². The molecule has 0 fully saturated rings. The fraction of sp³-hybridized carbons (Fsp3) is 0.538. The van der Waals surface area contributed by atoms with Crippen molar-refractivity contribution in [2.75, 3.05) is 6.61 Å². The number of unbranched alkanes of at least 4 members (excludes halogenated alkanes) is 4. The maximum Gasteiger partial charge on any atom is 0.161 e. The molecule has 90 valence electrons. The fourth-order valence-corrected chi connectivity index (χ4v) is 1.52.